The van der Waals surface area contributed by atoms with Gasteiger partial charge in [-0.1, -0.05) is 43.9 Å². The highest BCUT2D eigenvalue weighted by atomic mass is 32.2. The fourth-order valence-electron chi connectivity index (χ4n) is 4.47. The van der Waals surface area contributed by atoms with Crippen molar-refractivity contribution in [3.63, 3.8) is 0 Å². The minimum absolute atomic E-state index is 0.0452. The molecule has 1 aromatic carbocycles. The lowest BCUT2D eigenvalue weighted by molar-refractivity contribution is 0.339. The zero-order valence-corrected chi connectivity index (χ0v) is 18.6. The van der Waals surface area contributed by atoms with Crippen molar-refractivity contribution in [1.29, 1.82) is 0 Å². The molecular formula is C22H29N3O4S. The van der Waals surface area contributed by atoms with E-state index in [0.29, 0.717) is 17.1 Å². The summed E-state index contributed by atoms with van der Waals surface area (Å²) in [5.41, 5.74) is 1.39. The Balaban J connectivity index is 1.80. The smallest absolute Gasteiger partial charge is 0.271 e. The van der Waals surface area contributed by atoms with Gasteiger partial charge in [-0.3, -0.25) is 14.6 Å². The van der Waals surface area contributed by atoms with E-state index in [4.69, 9.17) is 14.5 Å². The van der Waals surface area contributed by atoms with Crippen LogP contribution in [0.25, 0.3) is 0 Å². The number of benzene rings is 1. The Kier molecular flexibility index (Phi) is 6.13. The third kappa shape index (κ3) is 3.85. The van der Waals surface area contributed by atoms with Gasteiger partial charge in [0.2, 0.25) is 5.75 Å². The predicted octanol–water partition coefficient (Wildman–Crippen LogP) is 5.07. The van der Waals surface area contributed by atoms with E-state index >= 15 is 0 Å². The number of fused-ring (bicyclic) bond motifs is 1. The molecule has 1 saturated carbocycles. The van der Waals surface area contributed by atoms with Crippen LogP contribution in [0.2, 0.25) is 0 Å². The van der Waals surface area contributed by atoms with Crippen molar-refractivity contribution in [2.45, 2.75) is 63.2 Å². The van der Waals surface area contributed by atoms with E-state index in [2.05, 4.69) is 5.10 Å². The number of methoxy groups -OCH3 is 2. The second kappa shape index (κ2) is 8.79. The van der Waals surface area contributed by atoms with Crippen molar-refractivity contribution in [2.75, 3.05) is 14.2 Å². The van der Waals surface area contributed by atoms with Gasteiger partial charge in [0.1, 0.15) is 0 Å². The molecule has 2 aliphatic rings. The summed E-state index contributed by atoms with van der Waals surface area (Å²) < 4.78 is 12.7. The first-order valence-electron chi connectivity index (χ1n) is 10.5. The molecule has 1 aromatic heterocycles. The number of hydrogen-bond donors (Lipinski definition) is 2. The number of aromatic nitrogens is 2. The zero-order chi connectivity index (χ0) is 21.3. The van der Waals surface area contributed by atoms with Crippen molar-refractivity contribution in [1.82, 2.24) is 9.78 Å². The Morgan fingerprint density at radius 2 is 1.70 bits per heavy atom. The van der Waals surface area contributed by atoms with E-state index in [-0.39, 0.29) is 22.6 Å². The number of phenolic OH excluding ortho intramolecular Hbond substituents is 1. The van der Waals surface area contributed by atoms with Crippen LogP contribution in [0.15, 0.2) is 21.9 Å². The third-order valence-corrected chi connectivity index (χ3v) is 7.17. The molecule has 1 atom stereocenters. The molecule has 2 heterocycles. The fourth-order valence-corrected chi connectivity index (χ4v) is 5.55. The molecule has 0 spiro atoms. The first-order valence-corrected chi connectivity index (χ1v) is 11.4. The number of aromatic hydroxyl groups is 1. The predicted molar refractivity (Wildman–Crippen MR) is 120 cm³/mol. The van der Waals surface area contributed by atoms with Crippen LogP contribution in [0.1, 0.15) is 74.3 Å². The van der Waals surface area contributed by atoms with Gasteiger partial charge in [-0.2, -0.15) is 0 Å². The summed E-state index contributed by atoms with van der Waals surface area (Å²) in [4.78, 5) is 17.9. The molecule has 162 valence electrons. The summed E-state index contributed by atoms with van der Waals surface area (Å²) in [5.74, 6) is 1.33. The Morgan fingerprint density at radius 1 is 1.10 bits per heavy atom. The van der Waals surface area contributed by atoms with Gasteiger partial charge >= 0.3 is 0 Å². The summed E-state index contributed by atoms with van der Waals surface area (Å²) in [6, 6.07) is 3.81. The Bertz CT molecular complexity index is 977. The molecule has 0 bridgehead atoms. The van der Waals surface area contributed by atoms with Gasteiger partial charge in [0.15, 0.2) is 17.3 Å². The van der Waals surface area contributed by atoms with Crippen molar-refractivity contribution in [3.05, 3.63) is 33.6 Å². The first kappa shape index (κ1) is 20.9. The lowest BCUT2D eigenvalue weighted by Crippen LogP contribution is -2.15. The minimum atomic E-state index is -0.251. The van der Waals surface area contributed by atoms with Crippen LogP contribution in [0.3, 0.4) is 0 Å². The normalized spacial score (nSPS) is 20.1. The number of rotatable bonds is 4. The molecule has 7 nitrogen and oxygen atoms in total. The van der Waals surface area contributed by atoms with E-state index < -0.39 is 0 Å². The summed E-state index contributed by atoms with van der Waals surface area (Å²) in [6.45, 7) is 1.97. The molecule has 1 aliphatic carbocycles. The average molecular weight is 432 g/mol. The van der Waals surface area contributed by atoms with Crippen LogP contribution in [0, 0.1) is 0 Å². The number of nitrogens with one attached hydrogen (secondary N) is 1. The second-order valence-corrected chi connectivity index (χ2v) is 9.25. The molecular weight excluding hydrogens is 402 g/mol. The van der Waals surface area contributed by atoms with E-state index in [0.717, 1.165) is 29.3 Å². The van der Waals surface area contributed by atoms with Crippen LogP contribution < -0.4 is 15.0 Å². The Hall–Kier alpha value is -2.35. The summed E-state index contributed by atoms with van der Waals surface area (Å²) in [6.07, 6.45) is 8.26. The number of ether oxygens (including phenoxy) is 2. The summed E-state index contributed by atoms with van der Waals surface area (Å²) in [5, 5.41) is 14.0. The summed E-state index contributed by atoms with van der Waals surface area (Å²) >= 11 is 1.53. The highest BCUT2D eigenvalue weighted by molar-refractivity contribution is 8.14. The topological polar surface area (TPSA) is 88.8 Å². The number of aliphatic imine (C=N–C) groups is 1. The quantitative estimate of drug-likeness (QED) is 0.705. The molecule has 8 heteroatoms. The van der Waals surface area contributed by atoms with Gasteiger partial charge in [-0.05, 0) is 37.5 Å². The lowest BCUT2D eigenvalue weighted by atomic mass is 9.96. The van der Waals surface area contributed by atoms with Crippen LogP contribution in [0.4, 0.5) is 5.82 Å². The highest BCUT2D eigenvalue weighted by Crippen LogP contribution is 2.48. The molecule has 4 rings (SSSR count). The number of thioether (sulfide) groups is 1. The lowest BCUT2D eigenvalue weighted by Gasteiger charge is -2.25. The van der Waals surface area contributed by atoms with Gasteiger partial charge in [-0.25, -0.2) is 4.99 Å². The maximum Gasteiger partial charge on any atom is 0.271 e. The van der Waals surface area contributed by atoms with Gasteiger partial charge in [-0.15, -0.1) is 0 Å². The molecule has 30 heavy (non-hydrogen) atoms. The van der Waals surface area contributed by atoms with Crippen LogP contribution in [-0.4, -0.2) is 34.2 Å². The fraction of sp³-hybridized carbons (Fsp3) is 0.545. The highest BCUT2D eigenvalue weighted by Gasteiger charge is 2.33. The van der Waals surface area contributed by atoms with E-state index in [1.165, 1.54) is 58.1 Å². The van der Waals surface area contributed by atoms with Crippen molar-refractivity contribution in [3.8, 4) is 17.2 Å². The van der Waals surface area contributed by atoms with Crippen molar-refractivity contribution in [2.24, 2.45) is 4.99 Å². The maximum absolute atomic E-state index is 13.1. The van der Waals surface area contributed by atoms with Gasteiger partial charge in [0.05, 0.1) is 36.1 Å². The molecule has 0 unspecified atom stereocenters. The Labute approximate surface area is 180 Å². The third-order valence-electron chi connectivity index (χ3n) is 5.99. The van der Waals surface area contributed by atoms with E-state index in [1.54, 1.807) is 12.1 Å². The number of phenols is 1. The maximum atomic E-state index is 13.1. The average Bonchev–Trinajstić information content (AvgIpc) is 3.03. The molecule has 1 fully saturated rings. The van der Waals surface area contributed by atoms with Gasteiger partial charge < -0.3 is 14.6 Å². The van der Waals surface area contributed by atoms with Crippen LogP contribution in [-0.2, 0) is 0 Å². The van der Waals surface area contributed by atoms with Crippen LogP contribution >= 0.6 is 11.8 Å². The molecule has 0 amide bonds. The van der Waals surface area contributed by atoms with Crippen molar-refractivity contribution >= 4 is 22.6 Å². The van der Waals surface area contributed by atoms with Gasteiger partial charge in [0.25, 0.3) is 5.56 Å². The molecule has 2 N–H and O–H groups in total. The number of H-pyrrole nitrogens is 1. The molecule has 2 aromatic rings. The minimum Gasteiger partial charge on any atom is -0.502 e. The number of aromatic amines is 1. The molecule has 0 radical (unpaired) electrons. The van der Waals surface area contributed by atoms with Crippen LogP contribution in [0.5, 0.6) is 17.2 Å². The van der Waals surface area contributed by atoms with Crippen molar-refractivity contribution < 1.29 is 14.6 Å². The first-order chi connectivity index (χ1) is 14.5. The molecule has 0 saturated heterocycles. The molecule has 1 aliphatic heterocycles. The van der Waals surface area contributed by atoms with Gasteiger partial charge in [0, 0.05) is 0 Å². The second-order valence-electron chi connectivity index (χ2n) is 7.95. The van der Waals surface area contributed by atoms with E-state index in [9.17, 15) is 9.90 Å². The zero-order valence-electron chi connectivity index (χ0n) is 17.7. The Morgan fingerprint density at radius 3 is 2.30 bits per heavy atom. The number of nitrogens with zero attached hydrogens (tertiary/aromatic N) is 2. The monoisotopic (exact) mass is 431 g/mol. The standard InChI is InChI=1S/C22H29N3O4S/c1-13-23-21-18(22(27)24-25(21)15-9-7-5-4-6-8-10-15)20(30-13)14-11-16(28-2)19(26)17(12-14)29-3/h11-12,15,20,26H,4-10H2,1-3H3,(H,24,27)/t20-/m1/s1. The largest absolute Gasteiger partial charge is 0.502 e. The summed E-state index contributed by atoms with van der Waals surface area (Å²) in [7, 11) is 3.00. The SMILES string of the molecule is COc1cc([C@H]2SC(C)=Nc3c2c(=O)[nH]n3C2CCCCCCC2)cc(OC)c1O. The number of hydrogen-bond acceptors (Lipinski definition) is 6. The van der Waals surface area contributed by atoms with E-state index in [1.807, 2.05) is 11.6 Å².